The van der Waals surface area contributed by atoms with Crippen LogP contribution in [-0.4, -0.2) is 79.4 Å². The molecular formula is C11H18N2O5S. The lowest BCUT2D eigenvalue weighted by molar-refractivity contribution is -0.140. The summed E-state index contributed by atoms with van der Waals surface area (Å²) >= 11 is 0. The molecule has 8 heteroatoms. The lowest BCUT2D eigenvalue weighted by atomic mass is 10.1. The van der Waals surface area contributed by atoms with Crippen molar-refractivity contribution in [3.05, 3.63) is 0 Å². The van der Waals surface area contributed by atoms with Crippen molar-refractivity contribution in [2.45, 2.75) is 6.42 Å². The largest absolute Gasteiger partial charge is 0.480 e. The number of rotatable bonds is 3. The molecule has 1 atom stereocenters. The van der Waals surface area contributed by atoms with E-state index < -0.39 is 21.7 Å². The van der Waals surface area contributed by atoms with Crippen LogP contribution in [0.3, 0.4) is 0 Å². The first kappa shape index (κ1) is 14.3. The summed E-state index contributed by atoms with van der Waals surface area (Å²) in [7, 11) is -3.04. The minimum atomic E-state index is -3.04. The second kappa shape index (κ2) is 5.46. The van der Waals surface area contributed by atoms with Crippen LogP contribution in [0.4, 0.5) is 0 Å². The third-order valence-corrected chi connectivity index (χ3v) is 5.39. The van der Waals surface area contributed by atoms with E-state index in [2.05, 4.69) is 0 Å². The quantitative estimate of drug-likeness (QED) is 0.690. The molecular weight excluding hydrogens is 272 g/mol. The van der Waals surface area contributed by atoms with Crippen LogP contribution in [-0.2, 0) is 19.4 Å². The average Bonchev–Trinajstić information content (AvgIpc) is 2.69. The summed E-state index contributed by atoms with van der Waals surface area (Å²) < 4.78 is 22.7. The Bertz CT molecular complexity index is 467. The van der Waals surface area contributed by atoms with Crippen LogP contribution in [0.2, 0.25) is 0 Å². The van der Waals surface area contributed by atoms with Crippen molar-refractivity contribution in [3.8, 4) is 0 Å². The van der Waals surface area contributed by atoms with E-state index in [4.69, 9.17) is 5.11 Å². The van der Waals surface area contributed by atoms with Crippen molar-refractivity contribution >= 4 is 21.7 Å². The van der Waals surface area contributed by atoms with Crippen LogP contribution < -0.4 is 0 Å². The predicted octanol–water partition coefficient (Wildman–Crippen LogP) is -1.35. The van der Waals surface area contributed by atoms with Gasteiger partial charge in [0, 0.05) is 26.2 Å². The fraction of sp³-hybridized carbons (Fsp3) is 0.818. The molecule has 1 amide bonds. The Morgan fingerprint density at radius 3 is 2.26 bits per heavy atom. The highest BCUT2D eigenvalue weighted by Gasteiger charge is 2.36. The first-order valence-corrected chi connectivity index (χ1v) is 8.13. The highest BCUT2D eigenvalue weighted by Crippen LogP contribution is 2.21. The number of nitrogens with zero attached hydrogens (tertiary/aromatic N) is 2. The Hall–Kier alpha value is -1.15. The fourth-order valence-corrected chi connectivity index (χ4v) is 4.30. The van der Waals surface area contributed by atoms with E-state index >= 15 is 0 Å². The summed E-state index contributed by atoms with van der Waals surface area (Å²) in [6.45, 7) is 1.99. The van der Waals surface area contributed by atoms with Crippen LogP contribution in [0.1, 0.15) is 6.42 Å². The van der Waals surface area contributed by atoms with Crippen molar-refractivity contribution < 1.29 is 23.1 Å². The molecule has 0 aromatic rings. The van der Waals surface area contributed by atoms with Crippen molar-refractivity contribution in [1.29, 1.82) is 0 Å². The Kier molecular flexibility index (Phi) is 4.10. The molecule has 2 rings (SSSR count). The second-order valence-electron chi connectivity index (χ2n) is 5.10. The molecule has 108 valence electrons. The molecule has 7 nitrogen and oxygen atoms in total. The predicted molar refractivity (Wildman–Crippen MR) is 67.4 cm³/mol. The molecule has 19 heavy (non-hydrogen) atoms. The molecule has 1 N–H and O–H groups in total. The lowest BCUT2D eigenvalue weighted by Crippen LogP contribution is -2.51. The minimum absolute atomic E-state index is 0.0140. The lowest BCUT2D eigenvalue weighted by Gasteiger charge is -2.35. The first-order chi connectivity index (χ1) is 8.87. The maximum atomic E-state index is 12.1. The number of amides is 1. The van der Waals surface area contributed by atoms with E-state index in [0.29, 0.717) is 32.6 Å². The number of carboxylic acids is 1. The van der Waals surface area contributed by atoms with Crippen LogP contribution in [0.25, 0.3) is 0 Å². The normalized spacial score (nSPS) is 27.4. The molecule has 0 radical (unpaired) electrons. The Morgan fingerprint density at radius 2 is 1.79 bits per heavy atom. The Labute approximate surface area is 112 Å². The van der Waals surface area contributed by atoms with Crippen molar-refractivity contribution in [1.82, 2.24) is 9.80 Å². The summed E-state index contributed by atoms with van der Waals surface area (Å²) in [5.74, 6) is -1.32. The highest BCUT2D eigenvalue weighted by molar-refractivity contribution is 7.91. The third kappa shape index (κ3) is 3.66. The van der Waals surface area contributed by atoms with Gasteiger partial charge < -0.3 is 10.0 Å². The van der Waals surface area contributed by atoms with Gasteiger partial charge in [-0.1, -0.05) is 0 Å². The Balaban J connectivity index is 1.85. The van der Waals surface area contributed by atoms with E-state index in [9.17, 15) is 18.0 Å². The van der Waals surface area contributed by atoms with E-state index in [1.54, 1.807) is 9.80 Å². The van der Waals surface area contributed by atoms with Gasteiger partial charge in [-0.05, 0) is 6.42 Å². The van der Waals surface area contributed by atoms with Gasteiger partial charge in [-0.15, -0.1) is 0 Å². The van der Waals surface area contributed by atoms with Gasteiger partial charge in [0.05, 0.1) is 24.0 Å². The molecule has 0 saturated carbocycles. The van der Waals surface area contributed by atoms with E-state index in [1.807, 2.05) is 0 Å². The van der Waals surface area contributed by atoms with Crippen LogP contribution in [0.15, 0.2) is 0 Å². The summed E-state index contributed by atoms with van der Waals surface area (Å²) in [6, 6.07) is 0. The number of carbonyl (C=O) groups excluding carboxylic acids is 1. The molecule has 2 fully saturated rings. The zero-order valence-corrected chi connectivity index (χ0v) is 11.4. The van der Waals surface area contributed by atoms with Gasteiger partial charge in [0.25, 0.3) is 0 Å². The maximum Gasteiger partial charge on any atom is 0.317 e. The van der Waals surface area contributed by atoms with Crippen molar-refractivity contribution in [3.63, 3.8) is 0 Å². The SMILES string of the molecule is O=C(O)CN1CCN(C(=O)C2CCS(=O)(=O)C2)CC1. The van der Waals surface area contributed by atoms with Gasteiger partial charge in [0.2, 0.25) is 5.91 Å². The smallest absolute Gasteiger partial charge is 0.317 e. The zero-order valence-electron chi connectivity index (χ0n) is 10.6. The molecule has 0 aliphatic carbocycles. The zero-order chi connectivity index (χ0) is 14.0. The van der Waals surface area contributed by atoms with Gasteiger partial charge in [0.1, 0.15) is 0 Å². The van der Waals surface area contributed by atoms with Crippen LogP contribution in [0.5, 0.6) is 0 Å². The van der Waals surface area contributed by atoms with Gasteiger partial charge in [-0.25, -0.2) is 8.42 Å². The molecule has 2 saturated heterocycles. The van der Waals surface area contributed by atoms with Gasteiger partial charge >= 0.3 is 5.97 Å². The number of carboxylic acid groups (broad SMARTS) is 1. The highest BCUT2D eigenvalue weighted by atomic mass is 32.2. The van der Waals surface area contributed by atoms with Crippen LogP contribution >= 0.6 is 0 Å². The fourth-order valence-electron chi connectivity index (χ4n) is 2.57. The number of hydrogen-bond donors (Lipinski definition) is 1. The number of carbonyl (C=O) groups is 2. The number of sulfone groups is 1. The summed E-state index contributed by atoms with van der Waals surface area (Å²) in [5.41, 5.74) is 0. The van der Waals surface area contributed by atoms with Gasteiger partial charge in [0.15, 0.2) is 9.84 Å². The Morgan fingerprint density at radius 1 is 1.16 bits per heavy atom. The van der Waals surface area contributed by atoms with E-state index in [1.165, 1.54) is 0 Å². The van der Waals surface area contributed by atoms with Crippen molar-refractivity contribution in [2.75, 3.05) is 44.2 Å². The monoisotopic (exact) mass is 290 g/mol. The van der Waals surface area contributed by atoms with E-state index in [0.717, 1.165) is 0 Å². The van der Waals surface area contributed by atoms with Gasteiger partial charge in [-0.3, -0.25) is 14.5 Å². The molecule has 1 unspecified atom stereocenters. The second-order valence-corrected chi connectivity index (χ2v) is 7.32. The molecule has 2 aliphatic heterocycles. The summed E-state index contributed by atoms with van der Waals surface area (Å²) in [6.07, 6.45) is 0.413. The maximum absolute atomic E-state index is 12.1. The first-order valence-electron chi connectivity index (χ1n) is 6.31. The minimum Gasteiger partial charge on any atom is -0.480 e. The van der Waals surface area contributed by atoms with Crippen molar-refractivity contribution in [2.24, 2.45) is 5.92 Å². The average molecular weight is 290 g/mol. The van der Waals surface area contributed by atoms with Crippen LogP contribution in [0, 0.1) is 5.92 Å². The molecule has 0 bridgehead atoms. The summed E-state index contributed by atoms with van der Waals surface area (Å²) in [4.78, 5) is 26.2. The molecule has 0 aromatic heterocycles. The molecule has 0 spiro atoms. The number of hydrogen-bond acceptors (Lipinski definition) is 5. The molecule has 2 aliphatic rings. The van der Waals surface area contributed by atoms with Gasteiger partial charge in [-0.2, -0.15) is 0 Å². The topological polar surface area (TPSA) is 95.0 Å². The molecule has 0 aromatic carbocycles. The number of aliphatic carboxylic acids is 1. The third-order valence-electron chi connectivity index (χ3n) is 3.62. The number of piperazine rings is 1. The standard InChI is InChI=1S/C11H18N2O5S/c14-10(15)7-12-2-4-13(5-3-12)11(16)9-1-6-19(17,18)8-9/h9H,1-8H2,(H,14,15). The molecule has 2 heterocycles. The van der Waals surface area contributed by atoms with E-state index in [-0.39, 0.29) is 24.0 Å². The summed E-state index contributed by atoms with van der Waals surface area (Å²) in [5, 5.41) is 8.68.